The fourth-order valence-electron chi connectivity index (χ4n) is 2.28. The van der Waals surface area contributed by atoms with Crippen molar-refractivity contribution in [2.45, 2.75) is 45.5 Å². The normalized spacial score (nSPS) is 14.2. The molecular formula is C17H20F3N3OS. The van der Waals surface area contributed by atoms with Crippen molar-refractivity contribution < 1.29 is 17.4 Å². The van der Waals surface area contributed by atoms with Crippen LogP contribution in [0.4, 0.5) is 13.2 Å². The number of benzene rings is 1. The fourth-order valence-corrected chi connectivity index (χ4v) is 2.82. The predicted molar refractivity (Wildman–Crippen MR) is 93.5 cm³/mol. The van der Waals surface area contributed by atoms with E-state index in [4.69, 9.17) is 0 Å². The van der Waals surface area contributed by atoms with Crippen LogP contribution in [0, 0.1) is 13.8 Å². The van der Waals surface area contributed by atoms with Gasteiger partial charge in [-0.25, -0.2) is 8.89 Å². The second-order valence-electron chi connectivity index (χ2n) is 6.77. The van der Waals surface area contributed by atoms with E-state index in [0.717, 1.165) is 29.1 Å². The van der Waals surface area contributed by atoms with E-state index in [1.807, 2.05) is 20.8 Å². The van der Waals surface area contributed by atoms with Crippen LogP contribution in [0.25, 0.3) is 5.69 Å². The number of alkyl halides is 3. The van der Waals surface area contributed by atoms with Crippen molar-refractivity contribution in [2.24, 2.45) is 4.40 Å². The molecule has 1 aromatic heterocycles. The summed E-state index contributed by atoms with van der Waals surface area (Å²) in [4.78, 5) is 0. The molecule has 4 nitrogen and oxygen atoms in total. The molecule has 0 aliphatic rings. The highest BCUT2D eigenvalue weighted by Crippen LogP contribution is 2.30. The van der Waals surface area contributed by atoms with Gasteiger partial charge in [0.2, 0.25) is 0 Å². The molecule has 0 amide bonds. The lowest BCUT2D eigenvalue weighted by Gasteiger charge is -2.13. The lowest BCUT2D eigenvalue weighted by atomic mass is 10.0. The second-order valence-corrected chi connectivity index (χ2v) is 8.70. The molecule has 2 aromatic rings. The zero-order chi connectivity index (χ0) is 19.0. The van der Waals surface area contributed by atoms with Gasteiger partial charge in [-0.15, -0.1) is 0 Å². The molecule has 0 saturated carbocycles. The third kappa shape index (κ3) is 4.56. The first kappa shape index (κ1) is 19.4. The van der Waals surface area contributed by atoms with Crippen molar-refractivity contribution in [2.75, 3.05) is 0 Å². The van der Waals surface area contributed by atoms with Gasteiger partial charge in [-0.05, 0) is 63.4 Å². The SMILES string of the molecule is Cc1cc(C=N[S@](=O)C(C)(C)C)cc(C)c1-n1cc(C(F)(F)F)cn1. The highest BCUT2D eigenvalue weighted by Gasteiger charge is 2.32. The van der Waals surface area contributed by atoms with Crippen molar-refractivity contribution in [3.63, 3.8) is 0 Å². The molecule has 1 atom stereocenters. The summed E-state index contributed by atoms with van der Waals surface area (Å²) in [6.07, 6.45) is -1.13. The third-order valence-electron chi connectivity index (χ3n) is 3.47. The Balaban J connectivity index is 2.37. The lowest BCUT2D eigenvalue weighted by molar-refractivity contribution is -0.137. The van der Waals surface area contributed by atoms with Crippen LogP contribution in [0.3, 0.4) is 0 Å². The van der Waals surface area contributed by atoms with Crippen LogP contribution in [0.1, 0.15) is 43.0 Å². The van der Waals surface area contributed by atoms with Crippen LogP contribution < -0.4 is 0 Å². The summed E-state index contributed by atoms with van der Waals surface area (Å²) < 4.78 is 55.1. The number of hydrogen-bond donors (Lipinski definition) is 0. The summed E-state index contributed by atoms with van der Waals surface area (Å²) in [5.41, 5.74) is 2.03. The Kier molecular flexibility index (Phi) is 5.22. The average molecular weight is 371 g/mol. The molecule has 0 N–H and O–H groups in total. The van der Waals surface area contributed by atoms with Crippen molar-refractivity contribution in [3.8, 4) is 5.69 Å². The van der Waals surface area contributed by atoms with Gasteiger partial charge in [0.15, 0.2) is 0 Å². The first-order valence-corrected chi connectivity index (χ1v) is 8.70. The highest BCUT2D eigenvalue weighted by atomic mass is 32.2. The lowest BCUT2D eigenvalue weighted by Crippen LogP contribution is -2.19. The van der Waals surface area contributed by atoms with Crippen molar-refractivity contribution in [1.82, 2.24) is 9.78 Å². The number of hydrogen-bond acceptors (Lipinski definition) is 2. The van der Waals surface area contributed by atoms with Gasteiger partial charge in [-0.3, -0.25) is 0 Å². The standard InChI is InChI=1S/C17H20F3N3OS/c1-11-6-13(8-22-25(24)16(3,4)5)7-12(2)15(11)23-10-14(9-21-23)17(18,19)20/h6-10H,1-5H3/t25-/m1/s1. The van der Waals surface area contributed by atoms with Crippen LogP contribution in [0.15, 0.2) is 28.9 Å². The highest BCUT2D eigenvalue weighted by molar-refractivity contribution is 7.85. The van der Waals surface area contributed by atoms with E-state index < -0.39 is 27.5 Å². The van der Waals surface area contributed by atoms with Crippen LogP contribution in [-0.4, -0.2) is 25.0 Å². The molecule has 0 saturated heterocycles. The smallest absolute Gasteiger partial charge is 0.240 e. The van der Waals surface area contributed by atoms with E-state index in [9.17, 15) is 17.4 Å². The molecule has 8 heteroatoms. The topological polar surface area (TPSA) is 47.2 Å². The maximum absolute atomic E-state index is 12.8. The zero-order valence-corrected chi connectivity index (χ0v) is 15.5. The maximum atomic E-state index is 12.8. The minimum Gasteiger partial charge on any atom is -0.240 e. The summed E-state index contributed by atoms with van der Waals surface area (Å²) in [7, 11) is -1.37. The van der Waals surface area contributed by atoms with Crippen LogP contribution >= 0.6 is 0 Å². The first-order valence-electron chi connectivity index (χ1n) is 7.59. The van der Waals surface area contributed by atoms with Crippen molar-refractivity contribution >= 4 is 17.2 Å². The molecule has 1 heterocycles. The molecule has 0 radical (unpaired) electrons. The van der Waals surface area contributed by atoms with E-state index in [-0.39, 0.29) is 0 Å². The Hall–Kier alpha value is -1.96. The molecule has 0 fully saturated rings. The summed E-state index contributed by atoms with van der Waals surface area (Å²) in [6.45, 7) is 9.06. The summed E-state index contributed by atoms with van der Waals surface area (Å²) in [5.74, 6) is 0. The molecule has 25 heavy (non-hydrogen) atoms. The molecule has 0 unspecified atom stereocenters. The zero-order valence-electron chi connectivity index (χ0n) is 14.7. The number of aryl methyl sites for hydroxylation is 2. The number of nitrogens with zero attached hydrogens (tertiary/aromatic N) is 3. The van der Waals surface area contributed by atoms with Gasteiger partial charge >= 0.3 is 6.18 Å². The Morgan fingerprint density at radius 3 is 2.16 bits per heavy atom. The van der Waals surface area contributed by atoms with Crippen LogP contribution in [0.2, 0.25) is 0 Å². The van der Waals surface area contributed by atoms with E-state index in [1.165, 1.54) is 10.9 Å². The molecule has 0 aliphatic carbocycles. The molecule has 1 aromatic carbocycles. The molecule has 2 rings (SSSR count). The van der Waals surface area contributed by atoms with E-state index in [1.54, 1.807) is 26.0 Å². The molecule has 0 spiro atoms. The Bertz CT molecular complexity index is 809. The Morgan fingerprint density at radius 1 is 1.16 bits per heavy atom. The first-order chi connectivity index (χ1) is 11.4. The monoisotopic (exact) mass is 371 g/mol. The molecular weight excluding hydrogens is 351 g/mol. The third-order valence-corrected chi connectivity index (χ3v) is 4.82. The minimum atomic E-state index is -4.43. The Labute approximate surface area is 147 Å². The van der Waals surface area contributed by atoms with Crippen LogP contribution in [-0.2, 0) is 17.2 Å². The van der Waals surface area contributed by atoms with Gasteiger partial charge in [-0.2, -0.15) is 22.7 Å². The molecule has 0 bridgehead atoms. The van der Waals surface area contributed by atoms with Gasteiger partial charge in [0.05, 0.1) is 22.2 Å². The fraction of sp³-hybridized carbons (Fsp3) is 0.412. The number of aromatic nitrogens is 2. The maximum Gasteiger partial charge on any atom is 0.419 e. The van der Waals surface area contributed by atoms with Gasteiger partial charge in [-0.1, -0.05) is 0 Å². The molecule has 0 aliphatic heterocycles. The summed E-state index contributed by atoms with van der Waals surface area (Å²) in [6, 6.07) is 3.56. The van der Waals surface area contributed by atoms with Gasteiger partial charge in [0.25, 0.3) is 0 Å². The van der Waals surface area contributed by atoms with Gasteiger partial charge < -0.3 is 0 Å². The van der Waals surface area contributed by atoms with Crippen LogP contribution in [0.5, 0.6) is 0 Å². The summed E-state index contributed by atoms with van der Waals surface area (Å²) in [5, 5.41) is 3.83. The number of halogens is 3. The second kappa shape index (κ2) is 6.74. The van der Waals surface area contributed by atoms with E-state index >= 15 is 0 Å². The predicted octanol–water partition coefficient (Wildman–Crippen LogP) is 4.39. The quantitative estimate of drug-likeness (QED) is 0.752. The Morgan fingerprint density at radius 2 is 1.72 bits per heavy atom. The molecule has 136 valence electrons. The minimum absolute atomic E-state index is 0.455. The van der Waals surface area contributed by atoms with E-state index in [0.29, 0.717) is 5.69 Å². The average Bonchev–Trinajstić information content (AvgIpc) is 2.92. The summed E-state index contributed by atoms with van der Waals surface area (Å²) >= 11 is 0. The van der Waals surface area contributed by atoms with Crippen molar-refractivity contribution in [3.05, 3.63) is 46.8 Å². The number of rotatable bonds is 3. The van der Waals surface area contributed by atoms with Gasteiger partial charge in [0, 0.05) is 12.4 Å². The van der Waals surface area contributed by atoms with Crippen molar-refractivity contribution in [1.29, 1.82) is 0 Å². The largest absolute Gasteiger partial charge is 0.419 e. The van der Waals surface area contributed by atoms with E-state index in [2.05, 4.69) is 9.50 Å². The van der Waals surface area contributed by atoms with Gasteiger partial charge in [0.1, 0.15) is 11.0 Å².